The number of thiophene rings is 1. The molecule has 0 saturated heterocycles. The molecule has 0 saturated carbocycles. The van der Waals surface area contributed by atoms with Crippen molar-refractivity contribution >= 4 is 45.3 Å². The van der Waals surface area contributed by atoms with E-state index >= 15 is 0 Å². The molecule has 2 N–H and O–H groups in total. The van der Waals surface area contributed by atoms with Crippen molar-refractivity contribution in [2.45, 2.75) is 20.1 Å². The number of imidazole rings is 1. The Kier molecular flexibility index (Phi) is 6.55. The number of rotatable bonds is 8. The number of carbonyl (C=O) groups excluding carboxylic acids is 2. The minimum atomic E-state index is -0.262. The van der Waals surface area contributed by atoms with Gasteiger partial charge in [0.25, 0.3) is 5.91 Å². The number of carbonyl (C=O) groups is 2. The van der Waals surface area contributed by atoms with Crippen LogP contribution in [0.1, 0.15) is 27.9 Å². The van der Waals surface area contributed by atoms with Crippen LogP contribution >= 0.6 is 22.7 Å². The number of anilines is 1. The summed E-state index contributed by atoms with van der Waals surface area (Å²) in [5.74, 6) is 0.254. The van der Waals surface area contributed by atoms with Gasteiger partial charge in [0.1, 0.15) is 18.0 Å². The van der Waals surface area contributed by atoms with E-state index in [9.17, 15) is 9.59 Å². The molecule has 0 aliphatic heterocycles. The molecule has 0 bridgehead atoms. The van der Waals surface area contributed by atoms with Gasteiger partial charge in [-0.1, -0.05) is 12.1 Å². The largest absolute Gasteiger partial charge is 0.487 e. The molecule has 0 aliphatic carbocycles. The number of benzene rings is 1. The highest BCUT2D eigenvalue weighted by atomic mass is 32.1. The van der Waals surface area contributed by atoms with Crippen molar-refractivity contribution in [3.63, 3.8) is 0 Å². The lowest BCUT2D eigenvalue weighted by atomic mass is 10.2. The number of hydrogen-bond acceptors (Lipinski definition) is 7. The summed E-state index contributed by atoms with van der Waals surface area (Å²) in [4.78, 5) is 35.0. The SMILES string of the molecule is CC(=O)NCc1ccc(-c2csc(NC(=O)c3cccc(OCc4cn5ccccc5n4)c3)n2)s1. The minimum absolute atomic E-state index is 0.0664. The Hall–Kier alpha value is -4.02. The van der Waals surface area contributed by atoms with Gasteiger partial charge in [0.15, 0.2) is 5.13 Å². The van der Waals surface area contributed by atoms with Gasteiger partial charge in [-0.2, -0.15) is 0 Å². The second kappa shape index (κ2) is 10.1. The first-order valence-corrected chi connectivity index (χ1v) is 12.5. The summed E-state index contributed by atoms with van der Waals surface area (Å²) in [6.07, 6.45) is 3.85. The third-order valence-electron chi connectivity index (χ3n) is 5.05. The van der Waals surface area contributed by atoms with E-state index in [0.717, 1.165) is 26.8 Å². The van der Waals surface area contributed by atoms with Crippen LogP contribution in [-0.4, -0.2) is 26.2 Å². The number of nitrogens with one attached hydrogen (secondary N) is 2. The summed E-state index contributed by atoms with van der Waals surface area (Å²) in [5, 5.41) is 8.06. The zero-order valence-electron chi connectivity index (χ0n) is 18.7. The van der Waals surface area contributed by atoms with Gasteiger partial charge >= 0.3 is 0 Å². The predicted octanol–water partition coefficient (Wildman–Crippen LogP) is 4.99. The van der Waals surface area contributed by atoms with Crippen molar-refractivity contribution < 1.29 is 14.3 Å². The van der Waals surface area contributed by atoms with Crippen molar-refractivity contribution in [3.05, 3.63) is 88.5 Å². The number of thiazole rings is 1. The lowest BCUT2D eigenvalue weighted by molar-refractivity contribution is -0.119. The first-order valence-electron chi connectivity index (χ1n) is 10.8. The molecule has 4 heterocycles. The Morgan fingerprint density at radius 2 is 2.00 bits per heavy atom. The summed E-state index contributed by atoms with van der Waals surface area (Å²) < 4.78 is 7.80. The number of nitrogens with zero attached hydrogens (tertiary/aromatic N) is 3. The summed E-state index contributed by atoms with van der Waals surface area (Å²) in [6, 6.07) is 16.8. The van der Waals surface area contributed by atoms with Gasteiger partial charge in [-0.15, -0.1) is 22.7 Å². The van der Waals surface area contributed by atoms with E-state index < -0.39 is 0 Å². The molecule has 8 nitrogen and oxygen atoms in total. The molecule has 0 radical (unpaired) electrons. The van der Waals surface area contributed by atoms with Gasteiger partial charge in [0, 0.05) is 35.1 Å². The second-order valence-electron chi connectivity index (χ2n) is 7.68. The summed E-state index contributed by atoms with van der Waals surface area (Å²) >= 11 is 2.92. The number of fused-ring (bicyclic) bond motifs is 1. The molecule has 0 fully saturated rings. The molecule has 10 heteroatoms. The molecule has 0 atom stereocenters. The molecule has 0 aliphatic rings. The maximum Gasteiger partial charge on any atom is 0.257 e. The summed E-state index contributed by atoms with van der Waals surface area (Å²) in [7, 11) is 0. The Morgan fingerprint density at radius 3 is 2.86 bits per heavy atom. The lowest BCUT2D eigenvalue weighted by Gasteiger charge is -2.06. The average Bonchev–Trinajstić information content (AvgIpc) is 3.60. The van der Waals surface area contributed by atoms with Crippen molar-refractivity contribution in [3.8, 4) is 16.3 Å². The van der Waals surface area contributed by atoms with Gasteiger partial charge in [0.2, 0.25) is 5.91 Å². The topological polar surface area (TPSA) is 97.6 Å². The number of aromatic nitrogens is 3. The third-order valence-corrected chi connectivity index (χ3v) is 6.91. The highest BCUT2D eigenvalue weighted by molar-refractivity contribution is 7.17. The highest BCUT2D eigenvalue weighted by Gasteiger charge is 2.13. The van der Waals surface area contributed by atoms with Gasteiger partial charge in [0.05, 0.1) is 22.8 Å². The highest BCUT2D eigenvalue weighted by Crippen LogP contribution is 2.31. The molecule has 5 rings (SSSR count). The molecule has 4 aromatic heterocycles. The zero-order chi connectivity index (χ0) is 24.2. The molecule has 176 valence electrons. The molecular weight excluding hydrogens is 482 g/mol. The zero-order valence-corrected chi connectivity index (χ0v) is 20.4. The van der Waals surface area contributed by atoms with Gasteiger partial charge in [-0.3, -0.25) is 14.9 Å². The molecule has 2 amide bonds. The van der Waals surface area contributed by atoms with Crippen LogP contribution in [0, 0.1) is 0 Å². The van der Waals surface area contributed by atoms with E-state index in [4.69, 9.17) is 4.74 Å². The number of hydrogen-bond donors (Lipinski definition) is 2. The van der Waals surface area contributed by atoms with Crippen molar-refractivity contribution in [1.29, 1.82) is 0 Å². The maximum atomic E-state index is 12.8. The van der Waals surface area contributed by atoms with Crippen LogP contribution in [0.15, 0.2) is 72.4 Å². The number of ether oxygens (including phenoxy) is 1. The van der Waals surface area contributed by atoms with Crippen LogP contribution in [0.4, 0.5) is 5.13 Å². The van der Waals surface area contributed by atoms with Gasteiger partial charge < -0.3 is 14.5 Å². The maximum absolute atomic E-state index is 12.8. The Bertz CT molecular complexity index is 1470. The second-order valence-corrected chi connectivity index (χ2v) is 9.71. The summed E-state index contributed by atoms with van der Waals surface area (Å²) in [6.45, 7) is 2.28. The van der Waals surface area contributed by atoms with Gasteiger partial charge in [-0.05, 0) is 42.5 Å². The Morgan fingerprint density at radius 1 is 1.09 bits per heavy atom. The lowest BCUT2D eigenvalue weighted by Crippen LogP contribution is -2.17. The van der Waals surface area contributed by atoms with Crippen LogP contribution < -0.4 is 15.4 Å². The minimum Gasteiger partial charge on any atom is -0.487 e. The fourth-order valence-electron chi connectivity index (χ4n) is 3.38. The van der Waals surface area contributed by atoms with E-state index in [1.54, 1.807) is 29.5 Å². The Labute approximate surface area is 209 Å². The third kappa shape index (κ3) is 5.56. The van der Waals surface area contributed by atoms with Crippen LogP contribution in [0.2, 0.25) is 0 Å². The van der Waals surface area contributed by atoms with E-state index in [1.807, 2.05) is 58.6 Å². The van der Waals surface area contributed by atoms with Crippen LogP contribution in [0.25, 0.3) is 16.2 Å². The van der Waals surface area contributed by atoms with Crippen molar-refractivity contribution in [2.24, 2.45) is 0 Å². The Balaban J connectivity index is 1.21. The number of pyridine rings is 1. The summed E-state index contributed by atoms with van der Waals surface area (Å²) in [5.41, 5.74) is 2.92. The molecule has 0 spiro atoms. The predicted molar refractivity (Wildman–Crippen MR) is 137 cm³/mol. The van der Waals surface area contributed by atoms with E-state index in [1.165, 1.54) is 18.3 Å². The monoisotopic (exact) mass is 503 g/mol. The number of amides is 2. The average molecular weight is 504 g/mol. The molecule has 5 aromatic rings. The van der Waals surface area contributed by atoms with Crippen LogP contribution in [-0.2, 0) is 17.9 Å². The first kappa shape index (κ1) is 22.8. The van der Waals surface area contributed by atoms with E-state index in [0.29, 0.717) is 29.6 Å². The molecule has 35 heavy (non-hydrogen) atoms. The van der Waals surface area contributed by atoms with Crippen molar-refractivity contribution in [2.75, 3.05) is 5.32 Å². The smallest absolute Gasteiger partial charge is 0.257 e. The van der Waals surface area contributed by atoms with Crippen molar-refractivity contribution in [1.82, 2.24) is 19.7 Å². The quantitative estimate of drug-likeness (QED) is 0.311. The fourth-order valence-corrected chi connectivity index (χ4v) is 5.07. The molecule has 0 unspecified atom stereocenters. The van der Waals surface area contributed by atoms with E-state index in [-0.39, 0.29) is 11.8 Å². The normalized spacial score (nSPS) is 10.9. The standard InChI is InChI=1S/C25H21N5O3S2/c1-16(31)26-12-20-8-9-22(35-20)21-15-34-25(28-21)29-24(32)17-5-4-6-19(11-17)33-14-18-13-30-10-3-2-7-23(30)27-18/h2-11,13,15H,12,14H2,1H3,(H,26,31)(H,28,29,32). The molecular formula is C25H21N5O3S2. The fraction of sp³-hybridized carbons (Fsp3) is 0.120. The molecule has 1 aromatic carbocycles. The van der Waals surface area contributed by atoms with E-state index in [2.05, 4.69) is 20.6 Å². The van der Waals surface area contributed by atoms with Crippen LogP contribution in [0.3, 0.4) is 0 Å². The first-order chi connectivity index (χ1) is 17.0. The van der Waals surface area contributed by atoms with Crippen LogP contribution in [0.5, 0.6) is 5.75 Å². The van der Waals surface area contributed by atoms with Gasteiger partial charge in [-0.25, -0.2) is 9.97 Å².